The Kier molecular flexibility index (Phi) is 4.25. The van der Waals surface area contributed by atoms with Gasteiger partial charge in [0.2, 0.25) is 0 Å². The minimum absolute atomic E-state index is 0.0604. The fourth-order valence-corrected chi connectivity index (χ4v) is 1.96. The third kappa shape index (κ3) is 3.09. The second-order valence-electron chi connectivity index (χ2n) is 4.46. The Morgan fingerprint density at radius 1 is 1.35 bits per heavy atom. The summed E-state index contributed by atoms with van der Waals surface area (Å²) in [6, 6.07) is 4.45. The van der Waals surface area contributed by atoms with Crippen LogP contribution in [0.5, 0.6) is 11.5 Å². The molecule has 1 unspecified atom stereocenters. The molecule has 1 aliphatic rings. The minimum Gasteiger partial charge on any atom is -0.507 e. The van der Waals surface area contributed by atoms with Crippen LogP contribution in [-0.2, 0) is 9.53 Å². The van der Waals surface area contributed by atoms with Crippen LogP contribution in [0.1, 0.15) is 12.0 Å². The number of phenols is 2. The molecule has 0 fully saturated rings. The van der Waals surface area contributed by atoms with E-state index in [1.165, 1.54) is 30.4 Å². The molecule has 20 heavy (non-hydrogen) atoms. The second kappa shape index (κ2) is 6.10. The van der Waals surface area contributed by atoms with Gasteiger partial charge in [-0.3, -0.25) is 4.79 Å². The third-order valence-corrected chi connectivity index (χ3v) is 3.14. The van der Waals surface area contributed by atoms with Crippen molar-refractivity contribution in [3.63, 3.8) is 0 Å². The third-order valence-electron chi connectivity index (χ3n) is 3.14. The van der Waals surface area contributed by atoms with Gasteiger partial charge in [-0.15, -0.1) is 0 Å². The molecule has 4 heteroatoms. The summed E-state index contributed by atoms with van der Waals surface area (Å²) in [6.07, 6.45) is 8.78. The van der Waals surface area contributed by atoms with Crippen LogP contribution in [-0.4, -0.2) is 23.1 Å². The molecule has 104 valence electrons. The van der Waals surface area contributed by atoms with Gasteiger partial charge in [-0.1, -0.05) is 12.1 Å². The van der Waals surface area contributed by atoms with Gasteiger partial charge in [-0.05, 0) is 42.9 Å². The highest BCUT2D eigenvalue weighted by atomic mass is 16.5. The SMILES string of the molecule is COC1=CCC(C(=O)C=Cc2c(O)cccc2O)C=C1. The summed E-state index contributed by atoms with van der Waals surface area (Å²) < 4.78 is 5.06. The lowest BCUT2D eigenvalue weighted by Gasteiger charge is -2.12. The van der Waals surface area contributed by atoms with Crippen molar-refractivity contribution >= 4 is 11.9 Å². The highest BCUT2D eigenvalue weighted by molar-refractivity contribution is 5.97. The van der Waals surface area contributed by atoms with Gasteiger partial charge in [0, 0.05) is 5.92 Å². The summed E-state index contributed by atoms with van der Waals surface area (Å²) in [5.74, 6) is 0.300. The van der Waals surface area contributed by atoms with Crippen LogP contribution in [0.4, 0.5) is 0 Å². The monoisotopic (exact) mass is 272 g/mol. The first kappa shape index (κ1) is 13.9. The molecule has 0 aliphatic heterocycles. The number of ketones is 1. The number of allylic oxidation sites excluding steroid dienone is 4. The van der Waals surface area contributed by atoms with Crippen molar-refractivity contribution in [2.75, 3.05) is 7.11 Å². The number of phenolic OH excluding ortho intramolecular Hbond substituents is 2. The van der Waals surface area contributed by atoms with Crippen LogP contribution in [0.25, 0.3) is 6.08 Å². The number of carbonyl (C=O) groups is 1. The van der Waals surface area contributed by atoms with Gasteiger partial charge in [0.15, 0.2) is 5.78 Å². The number of hydrogen-bond donors (Lipinski definition) is 2. The van der Waals surface area contributed by atoms with Crippen molar-refractivity contribution in [1.29, 1.82) is 0 Å². The zero-order valence-corrected chi connectivity index (χ0v) is 11.1. The van der Waals surface area contributed by atoms with Crippen LogP contribution in [0, 0.1) is 5.92 Å². The molecule has 0 spiro atoms. The number of hydrogen-bond acceptors (Lipinski definition) is 4. The van der Waals surface area contributed by atoms with Gasteiger partial charge in [-0.2, -0.15) is 0 Å². The van der Waals surface area contributed by atoms with Crippen LogP contribution >= 0.6 is 0 Å². The van der Waals surface area contributed by atoms with Crippen molar-refractivity contribution < 1.29 is 19.7 Å². The van der Waals surface area contributed by atoms with Crippen LogP contribution in [0.15, 0.2) is 48.3 Å². The molecular formula is C16H16O4. The summed E-state index contributed by atoms with van der Waals surface area (Å²) in [7, 11) is 1.58. The van der Waals surface area contributed by atoms with Gasteiger partial charge in [-0.25, -0.2) is 0 Å². The second-order valence-corrected chi connectivity index (χ2v) is 4.46. The number of methoxy groups -OCH3 is 1. The molecule has 0 heterocycles. The molecule has 0 bridgehead atoms. The van der Waals surface area contributed by atoms with Gasteiger partial charge in [0.25, 0.3) is 0 Å². The molecule has 2 N–H and O–H groups in total. The minimum atomic E-state index is -0.238. The Morgan fingerprint density at radius 3 is 2.60 bits per heavy atom. The Hall–Kier alpha value is -2.49. The van der Waals surface area contributed by atoms with Crippen molar-refractivity contribution in [2.45, 2.75) is 6.42 Å². The Bertz CT molecular complexity index is 576. The van der Waals surface area contributed by atoms with Gasteiger partial charge < -0.3 is 14.9 Å². The molecule has 1 aromatic rings. The quantitative estimate of drug-likeness (QED) is 0.827. The number of rotatable bonds is 4. The van der Waals surface area contributed by atoms with Crippen molar-refractivity contribution in [3.8, 4) is 11.5 Å². The van der Waals surface area contributed by atoms with Crippen LogP contribution in [0.2, 0.25) is 0 Å². The van der Waals surface area contributed by atoms with Crippen molar-refractivity contribution in [1.82, 2.24) is 0 Å². The molecule has 2 rings (SSSR count). The largest absolute Gasteiger partial charge is 0.507 e. The fourth-order valence-electron chi connectivity index (χ4n) is 1.96. The molecule has 0 saturated carbocycles. The number of benzene rings is 1. The molecule has 1 atom stereocenters. The van der Waals surface area contributed by atoms with E-state index in [-0.39, 0.29) is 28.8 Å². The molecule has 4 nitrogen and oxygen atoms in total. The van der Waals surface area contributed by atoms with E-state index >= 15 is 0 Å². The first-order valence-electron chi connectivity index (χ1n) is 6.27. The zero-order valence-electron chi connectivity index (χ0n) is 11.1. The standard InChI is InChI=1S/C16H16O4/c1-20-12-7-5-11(6-8-12)14(17)10-9-13-15(18)3-2-4-16(13)19/h2-5,7-11,18-19H,6H2,1H3. The average Bonchev–Trinajstić information content (AvgIpc) is 2.46. The predicted octanol–water partition coefficient (Wildman–Crippen LogP) is 2.79. The topological polar surface area (TPSA) is 66.8 Å². The summed E-state index contributed by atoms with van der Waals surface area (Å²) >= 11 is 0. The van der Waals surface area contributed by atoms with E-state index in [0.717, 1.165) is 5.76 Å². The maximum absolute atomic E-state index is 12.0. The van der Waals surface area contributed by atoms with E-state index < -0.39 is 0 Å². The maximum atomic E-state index is 12.0. The first-order chi connectivity index (χ1) is 9.61. The molecule has 0 saturated heterocycles. The van der Waals surface area contributed by atoms with E-state index in [1.807, 2.05) is 6.08 Å². The molecule has 1 aliphatic carbocycles. The number of aromatic hydroxyl groups is 2. The molecule has 0 aromatic heterocycles. The van der Waals surface area contributed by atoms with Gasteiger partial charge in [0.1, 0.15) is 17.3 Å². The molecule has 0 radical (unpaired) electrons. The maximum Gasteiger partial charge on any atom is 0.162 e. The summed E-state index contributed by atoms with van der Waals surface area (Å²) in [6.45, 7) is 0. The highest BCUT2D eigenvalue weighted by Gasteiger charge is 2.15. The lowest BCUT2D eigenvalue weighted by molar-refractivity contribution is -0.116. The average molecular weight is 272 g/mol. The number of ether oxygens (including phenoxy) is 1. The van der Waals surface area contributed by atoms with Crippen LogP contribution < -0.4 is 0 Å². The van der Waals surface area contributed by atoms with Crippen molar-refractivity contribution in [2.24, 2.45) is 5.92 Å². The molecular weight excluding hydrogens is 256 g/mol. The Labute approximate surface area is 117 Å². The lowest BCUT2D eigenvalue weighted by Crippen LogP contribution is -2.11. The highest BCUT2D eigenvalue weighted by Crippen LogP contribution is 2.28. The fraction of sp³-hybridized carbons (Fsp3) is 0.188. The van der Waals surface area contributed by atoms with E-state index in [2.05, 4.69) is 0 Å². The van der Waals surface area contributed by atoms with Crippen molar-refractivity contribution in [3.05, 3.63) is 53.8 Å². The van der Waals surface area contributed by atoms with Gasteiger partial charge in [0.05, 0.1) is 12.7 Å². The van der Waals surface area contributed by atoms with E-state index in [0.29, 0.717) is 6.42 Å². The predicted molar refractivity (Wildman–Crippen MR) is 76.2 cm³/mol. The normalized spacial score (nSPS) is 18.1. The Balaban J connectivity index is 2.08. The summed E-state index contributed by atoms with van der Waals surface area (Å²) in [5, 5.41) is 19.2. The van der Waals surface area contributed by atoms with E-state index in [4.69, 9.17) is 4.74 Å². The Morgan fingerprint density at radius 2 is 2.05 bits per heavy atom. The van der Waals surface area contributed by atoms with E-state index in [9.17, 15) is 15.0 Å². The van der Waals surface area contributed by atoms with E-state index in [1.54, 1.807) is 19.3 Å². The van der Waals surface area contributed by atoms with Crippen LogP contribution in [0.3, 0.4) is 0 Å². The molecule has 0 amide bonds. The lowest BCUT2D eigenvalue weighted by atomic mass is 9.95. The first-order valence-corrected chi connectivity index (χ1v) is 6.27. The zero-order chi connectivity index (χ0) is 14.5. The summed E-state index contributed by atoms with van der Waals surface area (Å²) in [4.78, 5) is 12.0. The molecule has 1 aromatic carbocycles. The summed E-state index contributed by atoms with van der Waals surface area (Å²) in [5.41, 5.74) is 0.244. The smallest absolute Gasteiger partial charge is 0.162 e. The number of carbonyl (C=O) groups excluding carboxylic acids is 1. The van der Waals surface area contributed by atoms with Gasteiger partial charge >= 0.3 is 0 Å².